The van der Waals surface area contributed by atoms with Crippen LogP contribution in [-0.4, -0.2) is 47.3 Å². The van der Waals surface area contributed by atoms with Crippen LogP contribution < -0.4 is 5.32 Å². The molecule has 0 heterocycles. The number of benzene rings is 1. The van der Waals surface area contributed by atoms with E-state index in [0.29, 0.717) is 11.1 Å². The molecule has 1 aromatic rings. The number of esters is 1. The zero-order valence-electron chi connectivity index (χ0n) is 19.7. The summed E-state index contributed by atoms with van der Waals surface area (Å²) in [4.78, 5) is 24.8. The van der Waals surface area contributed by atoms with Crippen LogP contribution in [0.5, 0.6) is 0 Å². The largest absolute Gasteiger partial charge is 0.467 e. The lowest BCUT2D eigenvalue weighted by Crippen LogP contribution is -2.41. The van der Waals surface area contributed by atoms with E-state index >= 15 is 0 Å². The second-order valence-electron chi connectivity index (χ2n) is 8.76. The van der Waals surface area contributed by atoms with E-state index in [1.54, 1.807) is 24.3 Å². The second kappa shape index (κ2) is 11.1. The number of hydrogen-bond donors (Lipinski definition) is 1. The van der Waals surface area contributed by atoms with Crippen molar-refractivity contribution < 1.29 is 27.9 Å². The number of ether oxygens (including phenoxy) is 1. The molecular formula is C22H34NO6PSi. The Labute approximate surface area is 186 Å². The van der Waals surface area contributed by atoms with Gasteiger partial charge in [0.05, 0.1) is 13.3 Å². The van der Waals surface area contributed by atoms with E-state index in [1.807, 2.05) is 0 Å². The monoisotopic (exact) mass is 467 g/mol. The predicted molar refractivity (Wildman–Crippen MR) is 125 cm³/mol. The number of hydrogen-bond acceptors (Lipinski definition) is 6. The third-order valence-corrected chi connectivity index (χ3v) is 11.9. The lowest BCUT2D eigenvalue weighted by molar-refractivity contribution is -0.142. The number of nitrogens with one attached hydrogen (secondary N) is 1. The Morgan fingerprint density at radius 2 is 1.65 bits per heavy atom. The maximum atomic E-state index is 12.6. The molecule has 7 nitrogen and oxygen atoms in total. The first-order valence-corrected chi connectivity index (χ1v) is 14.7. The number of rotatable bonds is 8. The fourth-order valence-corrected chi connectivity index (χ4v) is 4.31. The molecule has 9 heteroatoms. The van der Waals surface area contributed by atoms with Gasteiger partial charge in [-0.05, 0) is 22.7 Å². The Morgan fingerprint density at radius 1 is 1.10 bits per heavy atom. The van der Waals surface area contributed by atoms with Crippen LogP contribution >= 0.6 is 7.60 Å². The Hall–Kier alpha value is -1.91. The quantitative estimate of drug-likeness (QED) is 0.264. The lowest BCUT2D eigenvalue weighted by atomic mass is 10.1. The molecule has 1 amide bonds. The van der Waals surface area contributed by atoms with E-state index in [2.05, 4.69) is 50.6 Å². The van der Waals surface area contributed by atoms with Gasteiger partial charge in [0.2, 0.25) is 0 Å². The van der Waals surface area contributed by atoms with Gasteiger partial charge in [0.15, 0.2) is 0 Å². The van der Waals surface area contributed by atoms with Crippen molar-refractivity contribution in [2.24, 2.45) is 0 Å². The van der Waals surface area contributed by atoms with Gasteiger partial charge in [-0.15, -0.1) is 11.5 Å². The smallest absolute Gasteiger partial charge is 0.334 e. The molecule has 0 radical (unpaired) electrons. The normalized spacial score (nSPS) is 13.0. The standard InChI is InChI=1S/C22H34NO6PSi/c1-22(2,3)31(7,8)15-9-10-19(21(25)27-4)23-20(24)18-13-11-17(12-14-18)16-30(26,28-5)29-6/h11-14,19H,10,16H2,1-8H3,(H,23,24)/t19-/m0/s1. The van der Waals surface area contributed by atoms with E-state index in [0.717, 1.165) is 0 Å². The van der Waals surface area contributed by atoms with E-state index in [1.165, 1.54) is 21.3 Å². The van der Waals surface area contributed by atoms with Gasteiger partial charge in [-0.3, -0.25) is 9.36 Å². The molecule has 0 aliphatic heterocycles. The molecule has 1 aromatic carbocycles. The highest BCUT2D eigenvalue weighted by Crippen LogP contribution is 2.49. The number of carbonyl (C=O) groups excluding carboxylic acids is 2. The van der Waals surface area contributed by atoms with Crippen molar-refractivity contribution in [3.05, 3.63) is 35.4 Å². The van der Waals surface area contributed by atoms with E-state index < -0.39 is 33.6 Å². The molecule has 0 unspecified atom stereocenters. The minimum Gasteiger partial charge on any atom is -0.467 e. The molecule has 0 spiro atoms. The van der Waals surface area contributed by atoms with Crippen molar-refractivity contribution >= 4 is 27.5 Å². The van der Waals surface area contributed by atoms with Crippen LogP contribution in [0.1, 0.15) is 43.1 Å². The molecule has 0 saturated heterocycles. The highest BCUT2D eigenvalue weighted by atomic mass is 31.2. The lowest BCUT2D eigenvalue weighted by Gasteiger charge is -2.31. The first-order chi connectivity index (χ1) is 14.3. The molecule has 0 aliphatic rings. The van der Waals surface area contributed by atoms with Crippen LogP contribution in [0.2, 0.25) is 18.1 Å². The van der Waals surface area contributed by atoms with Gasteiger partial charge in [0, 0.05) is 26.2 Å². The first kappa shape index (κ1) is 27.1. The number of carbonyl (C=O) groups is 2. The summed E-state index contributed by atoms with van der Waals surface area (Å²) in [6, 6.07) is 5.66. The molecule has 172 valence electrons. The van der Waals surface area contributed by atoms with Gasteiger partial charge < -0.3 is 19.1 Å². The average Bonchev–Trinajstić information content (AvgIpc) is 2.71. The van der Waals surface area contributed by atoms with Crippen molar-refractivity contribution in [3.63, 3.8) is 0 Å². The maximum absolute atomic E-state index is 12.6. The first-order valence-electron chi connectivity index (χ1n) is 9.97. The Kier molecular flexibility index (Phi) is 9.71. The second-order valence-corrected chi connectivity index (χ2v) is 16.0. The van der Waals surface area contributed by atoms with E-state index in [4.69, 9.17) is 13.8 Å². The fraction of sp³-hybridized carbons (Fsp3) is 0.545. The van der Waals surface area contributed by atoms with Gasteiger partial charge in [-0.1, -0.05) is 46.0 Å². The molecular weight excluding hydrogens is 433 g/mol. The summed E-state index contributed by atoms with van der Waals surface area (Å²) in [5, 5.41) is 2.79. The highest BCUT2D eigenvalue weighted by Gasteiger charge is 2.33. The fourth-order valence-electron chi connectivity index (χ4n) is 2.33. The molecule has 1 N–H and O–H groups in total. The van der Waals surface area contributed by atoms with Crippen molar-refractivity contribution in [1.82, 2.24) is 5.32 Å². The van der Waals surface area contributed by atoms with Crippen molar-refractivity contribution in [1.29, 1.82) is 0 Å². The topological polar surface area (TPSA) is 90.9 Å². The molecule has 0 fully saturated rings. The van der Waals surface area contributed by atoms with Gasteiger partial charge >= 0.3 is 13.6 Å². The average molecular weight is 468 g/mol. The third kappa shape index (κ3) is 7.93. The van der Waals surface area contributed by atoms with Gasteiger partial charge in [-0.2, -0.15) is 0 Å². The predicted octanol–water partition coefficient (Wildman–Crippen LogP) is 4.39. The minimum atomic E-state index is -3.19. The molecule has 0 bridgehead atoms. The summed E-state index contributed by atoms with van der Waals surface area (Å²) < 4.78 is 26.9. The van der Waals surface area contributed by atoms with E-state index in [-0.39, 0.29) is 17.6 Å². The molecule has 1 atom stereocenters. The summed E-state index contributed by atoms with van der Waals surface area (Å²) in [6.45, 7) is 10.8. The Bertz CT molecular complexity index is 872. The molecule has 31 heavy (non-hydrogen) atoms. The van der Waals surface area contributed by atoms with Gasteiger partial charge in [0.25, 0.3) is 5.91 Å². The highest BCUT2D eigenvalue weighted by molar-refractivity contribution is 7.52. The summed E-state index contributed by atoms with van der Waals surface area (Å²) in [5.41, 5.74) is 4.40. The summed E-state index contributed by atoms with van der Waals surface area (Å²) in [7, 11) is -1.08. The van der Waals surface area contributed by atoms with Crippen molar-refractivity contribution in [2.45, 2.75) is 57.5 Å². The van der Waals surface area contributed by atoms with Crippen molar-refractivity contribution in [3.8, 4) is 11.5 Å². The number of amides is 1. The molecule has 0 aliphatic carbocycles. The van der Waals surface area contributed by atoms with Crippen LogP contribution in [0.25, 0.3) is 0 Å². The zero-order valence-corrected chi connectivity index (χ0v) is 21.6. The third-order valence-electron chi connectivity index (χ3n) is 5.52. The minimum absolute atomic E-state index is 0.0930. The van der Waals surface area contributed by atoms with Crippen LogP contribution in [-0.2, 0) is 29.3 Å². The van der Waals surface area contributed by atoms with Crippen LogP contribution in [0, 0.1) is 11.5 Å². The van der Waals surface area contributed by atoms with Gasteiger partial charge in [-0.25, -0.2) is 4.79 Å². The summed E-state index contributed by atoms with van der Waals surface area (Å²) >= 11 is 0. The van der Waals surface area contributed by atoms with Crippen LogP contribution in [0.3, 0.4) is 0 Å². The molecule has 1 rings (SSSR count). The van der Waals surface area contributed by atoms with Crippen LogP contribution in [0.15, 0.2) is 24.3 Å². The summed E-state index contributed by atoms with van der Waals surface area (Å²) in [5.74, 6) is 2.12. The molecule has 0 aromatic heterocycles. The Balaban J connectivity index is 2.92. The van der Waals surface area contributed by atoms with Gasteiger partial charge in [0.1, 0.15) is 14.1 Å². The Morgan fingerprint density at radius 3 is 2.10 bits per heavy atom. The van der Waals surface area contributed by atoms with Crippen molar-refractivity contribution in [2.75, 3.05) is 21.3 Å². The number of methoxy groups -OCH3 is 1. The van der Waals surface area contributed by atoms with E-state index in [9.17, 15) is 14.2 Å². The van der Waals surface area contributed by atoms with Crippen LogP contribution in [0.4, 0.5) is 0 Å². The summed E-state index contributed by atoms with van der Waals surface area (Å²) in [6.07, 6.45) is 0.267. The SMILES string of the molecule is COC(=O)[C@H](CC#C[Si](C)(C)C(C)(C)C)NC(=O)c1ccc(CP(=O)(OC)OC)cc1. The molecule has 0 saturated carbocycles. The maximum Gasteiger partial charge on any atom is 0.334 e. The zero-order chi connectivity index (χ0) is 23.9.